The van der Waals surface area contributed by atoms with E-state index in [4.69, 9.17) is 11.6 Å². The van der Waals surface area contributed by atoms with Gasteiger partial charge in [0.15, 0.2) is 9.84 Å². The largest absolute Gasteiger partial charge is 0.345 e. The van der Waals surface area contributed by atoms with Crippen molar-refractivity contribution in [1.29, 1.82) is 0 Å². The van der Waals surface area contributed by atoms with E-state index in [0.29, 0.717) is 17.1 Å². The van der Waals surface area contributed by atoms with Crippen molar-refractivity contribution in [2.45, 2.75) is 49.6 Å². The third-order valence-electron chi connectivity index (χ3n) is 7.71. The van der Waals surface area contributed by atoms with Gasteiger partial charge in [-0.3, -0.25) is 9.59 Å². The van der Waals surface area contributed by atoms with E-state index in [1.54, 1.807) is 48.5 Å². The Morgan fingerprint density at radius 3 is 2.20 bits per heavy atom. The summed E-state index contributed by atoms with van der Waals surface area (Å²) < 4.78 is 23.4. The molecule has 3 aromatic rings. The van der Waals surface area contributed by atoms with Crippen molar-refractivity contribution in [3.05, 3.63) is 101 Å². The molecule has 1 aliphatic heterocycles. The Hall–Kier alpha value is -3.20. The lowest BCUT2D eigenvalue weighted by molar-refractivity contribution is -0.133. The second-order valence-corrected chi connectivity index (χ2v) is 13.0. The maximum Gasteiger partial charge on any atom is 0.251 e. The van der Waals surface area contributed by atoms with Crippen LogP contribution in [0.2, 0.25) is 5.02 Å². The molecule has 1 atom stereocenters. The Morgan fingerprint density at radius 2 is 1.61 bits per heavy atom. The molecule has 1 fully saturated rings. The Labute approximate surface area is 248 Å². The average Bonchev–Trinajstić information content (AvgIpc) is 2.97. The molecule has 1 N–H and O–H groups in total. The molecule has 0 bridgehead atoms. The third kappa shape index (κ3) is 8.64. The molecule has 1 heterocycles. The van der Waals surface area contributed by atoms with Crippen LogP contribution in [0.1, 0.15) is 53.7 Å². The highest BCUT2D eigenvalue weighted by atomic mass is 35.5. The van der Waals surface area contributed by atoms with Gasteiger partial charge < -0.3 is 15.1 Å². The highest BCUT2D eigenvalue weighted by Gasteiger charge is 2.27. The summed E-state index contributed by atoms with van der Waals surface area (Å²) in [6, 6.07) is 23.5. The number of nitrogens with zero attached hydrogens (tertiary/aromatic N) is 2. The zero-order valence-electron chi connectivity index (χ0n) is 23.6. The fourth-order valence-corrected chi connectivity index (χ4v) is 6.14. The Balaban J connectivity index is 1.31. The van der Waals surface area contributed by atoms with Crippen LogP contribution >= 0.6 is 11.6 Å². The number of benzene rings is 3. The van der Waals surface area contributed by atoms with Crippen molar-refractivity contribution in [1.82, 2.24) is 15.1 Å². The lowest BCUT2D eigenvalue weighted by atomic mass is 9.99. The number of halogens is 1. The van der Waals surface area contributed by atoms with Gasteiger partial charge in [-0.25, -0.2) is 8.42 Å². The maximum atomic E-state index is 13.2. The summed E-state index contributed by atoms with van der Waals surface area (Å²) in [4.78, 5) is 30.8. The number of piperidine rings is 1. The number of hydrogen-bond donors (Lipinski definition) is 1. The first kappa shape index (κ1) is 30.8. The SMILES string of the molecule is CCN(C(=O)Cc1ccc(S(C)(=O)=O)cc1)C1CCN(CC[C@H](NC(=O)c2ccc(Cl)cc2)c2ccccc2)CC1. The minimum absolute atomic E-state index is 0.0621. The standard InChI is InChI=1S/C32H38ClN3O4S/c1-3-36(31(37)23-24-9-15-29(16-10-24)41(2,39)40)28-17-20-35(21-18-28)22-19-30(25-7-5-4-6-8-25)34-32(38)26-11-13-27(33)14-12-26/h4-16,28,30H,3,17-23H2,1-2H3,(H,34,38)/t30-/m0/s1. The average molecular weight is 596 g/mol. The number of nitrogens with one attached hydrogen (secondary N) is 1. The zero-order valence-corrected chi connectivity index (χ0v) is 25.2. The van der Waals surface area contributed by atoms with E-state index in [9.17, 15) is 18.0 Å². The van der Waals surface area contributed by atoms with E-state index in [0.717, 1.165) is 50.0 Å². The second kappa shape index (κ2) is 14.1. The fraction of sp³-hybridized carbons (Fsp3) is 0.375. The fourth-order valence-electron chi connectivity index (χ4n) is 5.39. The van der Waals surface area contributed by atoms with Crippen LogP contribution in [-0.4, -0.2) is 68.5 Å². The summed E-state index contributed by atoms with van der Waals surface area (Å²) in [5, 5.41) is 3.79. The van der Waals surface area contributed by atoms with Crippen LogP contribution < -0.4 is 5.32 Å². The molecule has 7 nitrogen and oxygen atoms in total. The van der Waals surface area contributed by atoms with E-state index in [2.05, 4.69) is 10.2 Å². The van der Waals surface area contributed by atoms with Crippen LogP contribution in [-0.2, 0) is 21.1 Å². The smallest absolute Gasteiger partial charge is 0.251 e. The van der Waals surface area contributed by atoms with Gasteiger partial charge in [-0.15, -0.1) is 0 Å². The van der Waals surface area contributed by atoms with Crippen LogP contribution in [0.4, 0.5) is 0 Å². The van der Waals surface area contributed by atoms with Crippen LogP contribution in [0.25, 0.3) is 0 Å². The highest BCUT2D eigenvalue weighted by molar-refractivity contribution is 7.90. The van der Waals surface area contributed by atoms with Crippen molar-refractivity contribution >= 4 is 33.3 Å². The summed E-state index contributed by atoms with van der Waals surface area (Å²) in [5.74, 6) is -0.0654. The number of sulfone groups is 1. The highest BCUT2D eigenvalue weighted by Crippen LogP contribution is 2.22. The molecule has 0 aromatic heterocycles. The molecule has 41 heavy (non-hydrogen) atoms. The van der Waals surface area contributed by atoms with Gasteiger partial charge in [0.1, 0.15) is 0 Å². The number of hydrogen-bond acceptors (Lipinski definition) is 5. The quantitative estimate of drug-likeness (QED) is 0.331. The molecule has 9 heteroatoms. The van der Waals surface area contributed by atoms with Gasteiger partial charge in [-0.05, 0) is 73.7 Å². The first-order valence-corrected chi connectivity index (χ1v) is 16.3. The van der Waals surface area contributed by atoms with Crippen LogP contribution in [0.5, 0.6) is 0 Å². The molecule has 0 unspecified atom stereocenters. The number of rotatable bonds is 11. The molecule has 4 rings (SSSR count). The molecule has 3 aromatic carbocycles. The van der Waals surface area contributed by atoms with Crippen molar-refractivity contribution in [3.8, 4) is 0 Å². The summed E-state index contributed by atoms with van der Waals surface area (Å²) in [5.41, 5.74) is 2.45. The molecular formula is C32H38ClN3O4S. The molecule has 0 spiro atoms. The van der Waals surface area contributed by atoms with Gasteiger partial charge in [0, 0.05) is 49.1 Å². The molecule has 1 saturated heterocycles. The van der Waals surface area contributed by atoms with Crippen molar-refractivity contribution in [3.63, 3.8) is 0 Å². The molecule has 1 aliphatic rings. The Kier molecular flexibility index (Phi) is 10.6. The predicted octanol–water partition coefficient (Wildman–Crippen LogP) is 5.16. The second-order valence-electron chi connectivity index (χ2n) is 10.6. The molecule has 218 valence electrons. The lowest BCUT2D eigenvalue weighted by Gasteiger charge is -2.38. The van der Waals surface area contributed by atoms with Gasteiger partial charge in [-0.1, -0.05) is 54.1 Å². The first-order valence-electron chi connectivity index (χ1n) is 14.1. The number of carbonyl (C=O) groups excluding carboxylic acids is 2. The van der Waals surface area contributed by atoms with Gasteiger partial charge in [0.05, 0.1) is 17.4 Å². The van der Waals surface area contributed by atoms with Gasteiger partial charge >= 0.3 is 0 Å². The zero-order chi connectivity index (χ0) is 29.4. The summed E-state index contributed by atoms with van der Waals surface area (Å²) in [6.07, 6.45) is 3.98. The van der Waals surface area contributed by atoms with Gasteiger partial charge in [-0.2, -0.15) is 0 Å². The molecule has 0 radical (unpaired) electrons. The van der Waals surface area contributed by atoms with Crippen molar-refractivity contribution in [2.24, 2.45) is 0 Å². The minimum atomic E-state index is -3.26. The van der Waals surface area contributed by atoms with E-state index in [1.165, 1.54) is 6.26 Å². The molecule has 2 amide bonds. The van der Waals surface area contributed by atoms with E-state index >= 15 is 0 Å². The number of amides is 2. The van der Waals surface area contributed by atoms with Crippen LogP contribution in [0.3, 0.4) is 0 Å². The van der Waals surface area contributed by atoms with E-state index in [1.807, 2.05) is 42.2 Å². The normalized spacial score (nSPS) is 15.3. The Morgan fingerprint density at radius 1 is 0.976 bits per heavy atom. The van der Waals surface area contributed by atoms with E-state index in [-0.39, 0.29) is 35.2 Å². The number of likely N-dealkylation sites (tertiary alicyclic amines) is 1. The van der Waals surface area contributed by atoms with Gasteiger partial charge in [0.2, 0.25) is 5.91 Å². The minimum Gasteiger partial charge on any atom is -0.345 e. The lowest BCUT2D eigenvalue weighted by Crippen LogP contribution is -2.48. The predicted molar refractivity (Wildman–Crippen MR) is 163 cm³/mol. The molecular weight excluding hydrogens is 558 g/mol. The number of carbonyl (C=O) groups is 2. The van der Waals surface area contributed by atoms with Crippen molar-refractivity contribution in [2.75, 3.05) is 32.4 Å². The monoisotopic (exact) mass is 595 g/mol. The summed E-state index contributed by atoms with van der Waals surface area (Å²) in [6.45, 7) is 5.23. The van der Waals surface area contributed by atoms with Crippen molar-refractivity contribution < 1.29 is 18.0 Å². The van der Waals surface area contributed by atoms with Crippen LogP contribution in [0, 0.1) is 0 Å². The Bertz CT molecular complexity index is 1410. The summed E-state index contributed by atoms with van der Waals surface area (Å²) in [7, 11) is -3.26. The summed E-state index contributed by atoms with van der Waals surface area (Å²) >= 11 is 5.99. The topological polar surface area (TPSA) is 86.8 Å². The van der Waals surface area contributed by atoms with E-state index < -0.39 is 9.84 Å². The molecule has 0 aliphatic carbocycles. The molecule has 0 saturated carbocycles. The number of likely N-dealkylation sites (N-methyl/N-ethyl adjacent to an activating group) is 1. The third-order valence-corrected chi connectivity index (χ3v) is 9.09. The maximum absolute atomic E-state index is 13.2. The van der Waals surface area contributed by atoms with Gasteiger partial charge in [0.25, 0.3) is 5.91 Å². The first-order chi connectivity index (χ1) is 19.6. The van der Waals surface area contributed by atoms with Crippen LogP contribution in [0.15, 0.2) is 83.8 Å².